The molecule has 0 bridgehead atoms. The van der Waals surface area contributed by atoms with Gasteiger partial charge in [-0.15, -0.1) is 13.2 Å². The zero-order valence-electron chi connectivity index (χ0n) is 9.98. The van der Waals surface area contributed by atoms with Crippen LogP contribution in [0.3, 0.4) is 0 Å². The summed E-state index contributed by atoms with van der Waals surface area (Å²) in [4.78, 5) is 0. The van der Waals surface area contributed by atoms with Crippen LogP contribution in [0.15, 0.2) is 18.2 Å². The Hall–Kier alpha value is -1.30. The topological polar surface area (TPSA) is 21.3 Å². The molecule has 0 aliphatic heterocycles. The quantitative estimate of drug-likeness (QED) is 0.618. The summed E-state index contributed by atoms with van der Waals surface area (Å²) in [5.74, 6) is -0.696. The lowest BCUT2D eigenvalue weighted by molar-refractivity contribution is -0.330. The van der Waals surface area contributed by atoms with E-state index in [0.29, 0.717) is 6.54 Å². The minimum absolute atomic E-state index is 0.117. The number of hydrogen-bond donors (Lipinski definition) is 1. The van der Waals surface area contributed by atoms with Crippen LogP contribution in [0.4, 0.5) is 23.2 Å². The number of hydrogen-bond acceptors (Lipinski definition) is 2. The normalized spacial score (nSPS) is 11.6. The zero-order chi connectivity index (χ0) is 13.6. The van der Waals surface area contributed by atoms with Crippen molar-refractivity contribution in [2.45, 2.75) is 32.7 Å². The van der Waals surface area contributed by atoms with Crippen molar-refractivity contribution in [3.8, 4) is 0 Å². The van der Waals surface area contributed by atoms with Gasteiger partial charge in [-0.3, -0.25) is 4.74 Å². The van der Waals surface area contributed by atoms with Gasteiger partial charge in [0.05, 0.1) is 12.3 Å². The summed E-state index contributed by atoms with van der Waals surface area (Å²) in [7, 11) is 0. The third-order valence-corrected chi connectivity index (χ3v) is 2.32. The van der Waals surface area contributed by atoms with Crippen LogP contribution in [0.5, 0.6) is 0 Å². The molecule has 1 rings (SSSR count). The molecule has 0 saturated carbocycles. The van der Waals surface area contributed by atoms with E-state index in [9.17, 15) is 17.6 Å². The largest absolute Gasteiger partial charge is 0.522 e. The Morgan fingerprint density at radius 3 is 2.61 bits per heavy atom. The Morgan fingerprint density at radius 1 is 1.28 bits per heavy atom. The van der Waals surface area contributed by atoms with Crippen LogP contribution in [0.25, 0.3) is 0 Å². The predicted molar refractivity (Wildman–Crippen MR) is 60.6 cm³/mol. The highest BCUT2D eigenvalue weighted by Crippen LogP contribution is 2.23. The van der Waals surface area contributed by atoms with Gasteiger partial charge in [0.1, 0.15) is 0 Å². The molecule has 1 N–H and O–H groups in total. The van der Waals surface area contributed by atoms with Crippen LogP contribution in [-0.2, 0) is 11.3 Å². The second-order valence-electron chi connectivity index (χ2n) is 3.79. The van der Waals surface area contributed by atoms with Crippen LogP contribution in [-0.4, -0.2) is 12.9 Å². The van der Waals surface area contributed by atoms with Crippen molar-refractivity contribution in [1.29, 1.82) is 0 Å². The molecular weight excluding hydrogens is 250 g/mol. The summed E-state index contributed by atoms with van der Waals surface area (Å²) in [6.07, 6.45) is -2.94. The van der Waals surface area contributed by atoms with Crippen molar-refractivity contribution in [2.24, 2.45) is 0 Å². The van der Waals surface area contributed by atoms with Crippen LogP contribution < -0.4 is 5.32 Å². The molecule has 0 fully saturated rings. The maximum Gasteiger partial charge on any atom is 0.522 e. The number of rotatable bonds is 6. The Labute approximate surface area is 103 Å². The van der Waals surface area contributed by atoms with Crippen LogP contribution in [0.2, 0.25) is 0 Å². The van der Waals surface area contributed by atoms with Gasteiger partial charge in [0.2, 0.25) is 0 Å². The fourth-order valence-corrected chi connectivity index (χ4v) is 1.39. The number of nitrogens with one attached hydrogen (secondary N) is 1. The second kappa shape index (κ2) is 6.58. The van der Waals surface area contributed by atoms with Gasteiger partial charge in [0, 0.05) is 12.1 Å². The van der Waals surface area contributed by atoms with Gasteiger partial charge in [-0.1, -0.05) is 25.5 Å². The smallest absolute Gasteiger partial charge is 0.383 e. The first-order chi connectivity index (χ1) is 8.44. The van der Waals surface area contributed by atoms with Gasteiger partial charge in [0.25, 0.3) is 0 Å². The Bertz CT molecular complexity index is 379. The number of alkyl halides is 3. The first-order valence-corrected chi connectivity index (χ1v) is 5.66. The summed E-state index contributed by atoms with van der Waals surface area (Å²) in [6, 6.07) is 4.25. The molecular formula is C12H15F4NO. The van der Waals surface area contributed by atoms with Crippen molar-refractivity contribution >= 4 is 5.69 Å². The van der Waals surface area contributed by atoms with Crippen molar-refractivity contribution in [2.75, 3.05) is 11.9 Å². The van der Waals surface area contributed by atoms with E-state index < -0.39 is 18.8 Å². The highest BCUT2D eigenvalue weighted by molar-refractivity contribution is 5.47. The first kappa shape index (κ1) is 14.8. The lowest BCUT2D eigenvalue weighted by atomic mass is 10.2. The van der Waals surface area contributed by atoms with Crippen LogP contribution in [0, 0.1) is 5.82 Å². The Balaban J connectivity index is 2.66. The number of anilines is 1. The molecule has 6 heteroatoms. The third-order valence-electron chi connectivity index (χ3n) is 2.32. The molecule has 0 aliphatic rings. The predicted octanol–water partition coefficient (Wildman–Crippen LogP) is 4.07. The molecule has 0 aliphatic carbocycles. The number of benzene rings is 1. The standard InChI is InChI=1S/C12H15F4NO/c1-2-3-7-17-10-6-4-5-9(11(10)13)8-18-12(14,15)16/h4-6,17H,2-3,7-8H2,1H3. The molecule has 18 heavy (non-hydrogen) atoms. The summed E-state index contributed by atoms with van der Waals surface area (Å²) in [6.45, 7) is 1.75. The lowest BCUT2D eigenvalue weighted by Crippen LogP contribution is -2.14. The van der Waals surface area contributed by atoms with Gasteiger partial charge < -0.3 is 5.32 Å². The van der Waals surface area contributed by atoms with Crippen LogP contribution in [0.1, 0.15) is 25.3 Å². The summed E-state index contributed by atoms with van der Waals surface area (Å²) in [5, 5.41) is 2.84. The van der Waals surface area contributed by atoms with E-state index in [1.165, 1.54) is 18.2 Å². The maximum atomic E-state index is 13.8. The summed E-state index contributed by atoms with van der Waals surface area (Å²) >= 11 is 0. The van der Waals surface area contributed by atoms with E-state index >= 15 is 0 Å². The van der Waals surface area contributed by atoms with E-state index in [1.54, 1.807) is 0 Å². The Kier molecular flexibility index (Phi) is 5.40. The van der Waals surface area contributed by atoms with Gasteiger partial charge in [-0.25, -0.2) is 4.39 Å². The van der Waals surface area contributed by atoms with Gasteiger partial charge in [-0.2, -0.15) is 0 Å². The van der Waals surface area contributed by atoms with E-state index in [2.05, 4.69) is 10.1 Å². The van der Waals surface area contributed by atoms with E-state index in [4.69, 9.17) is 0 Å². The van der Waals surface area contributed by atoms with Crippen molar-refractivity contribution < 1.29 is 22.3 Å². The monoisotopic (exact) mass is 265 g/mol. The average Bonchev–Trinajstić information content (AvgIpc) is 2.29. The first-order valence-electron chi connectivity index (χ1n) is 5.66. The molecule has 2 nitrogen and oxygen atoms in total. The molecule has 1 aromatic carbocycles. The van der Waals surface area contributed by atoms with Gasteiger partial charge in [-0.05, 0) is 12.5 Å². The maximum absolute atomic E-state index is 13.8. The molecule has 0 aromatic heterocycles. The lowest BCUT2D eigenvalue weighted by Gasteiger charge is -2.11. The number of halogens is 4. The van der Waals surface area contributed by atoms with Gasteiger partial charge in [0.15, 0.2) is 5.82 Å². The molecule has 0 radical (unpaired) electrons. The van der Waals surface area contributed by atoms with E-state index in [1.807, 2.05) is 6.92 Å². The highest BCUT2D eigenvalue weighted by Gasteiger charge is 2.29. The minimum atomic E-state index is -4.75. The molecule has 0 unspecified atom stereocenters. The average molecular weight is 265 g/mol. The third kappa shape index (κ3) is 4.91. The van der Waals surface area contributed by atoms with E-state index in [0.717, 1.165) is 12.8 Å². The Morgan fingerprint density at radius 2 is 2.00 bits per heavy atom. The molecule has 0 spiro atoms. The molecule has 0 amide bonds. The fraction of sp³-hybridized carbons (Fsp3) is 0.500. The fourth-order valence-electron chi connectivity index (χ4n) is 1.39. The molecule has 0 atom stereocenters. The van der Waals surface area contributed by atoms with Gasteiger partial charge >= 0.3 is 6.36 Å². The van der Waals surface area contributed by atoms with E-state index in [-0.39, 0.29) is 11.3 Å². The molecule has 1 aromatic rings. The summed E-state index contributed by atoms with van der Waals surface area (Å²) < 4.78 is 53.0. The van der Waals surface area contributed by atoms with Crippen LogP contribution >= 0.6 is 0 Å². The highest BCUT2D eigenvalue weighted by atomic mass is 19.4. The molecule has 102 valence electrons. The second-order valence-corrected chi connectivity index (χ2v) is 3.79. The summed E-state index contributed by atoms with van der Waals surface area (Å²) in [5.41, 5.74) is 0.0838. The van der Waals surface area contributed by atoms with Crippen molar-refractivity contribution in [1.82, 2.24) is 0 Å². The van der Waals surface area contributed by atoms with Crippen molar-refractivity contribution in [3.63, 3.8) is 0 Å². The molecule has 0 saturated heterocycles. The zero-order valence-corrected chi connectivity index (χ0v) is 9.98. The number of unbranched alkanes of at least 4 members (excludes halogenated alkanes) is 1. The van der Waals surface area contributed by atoms with Crippen molar-refractivity contribution in [3.05, 3.63) is 29.6 Å². The number of ether oxygens (including phenoxy) is 1. The molecule has 0 heterocycles. The minimum Gasteiger partial charge on any atom is -0.383 e. The SMILES string of the molecule is CCCCNc1cccc(COC(F)(F)F)c1F.